The number of hydrogen-bond acceptors (Lipinski definition) is 2. The highest BCUT2D eigenvalue weighted by atomic mass is 27.0. The van der Waals surface area contributed by atoms with Crippen molar-refractivity contribution in [1.29, 1.82) is 0 Å². The van der Waals surface area contributed by atoms with Crippen LogP contribution in [-0.4, -0.2) is 35.3 Å². The Balaban J connectivity index is 1.94. The third-order valence-corrected chi connectivity index (χ3v) is 4.00. The molecule has 0 aromatic heterocycles. The lowest BCUT2D eigenvalue weighted by Gasteiger charge is -2.34. The maximum Gasteiger partial charge on any atom is 0.216 e. The first-order chi connectivity index (χ1) is 5.31. The van der Waals surface area contributed by atoms with Crippen molar-refractivity contribution in [1.82, 2.24) is 0 Å². The molecule has 1 saturated heterocycles. The predicted molar refractivity (Wildman–Crippen MR) is 45.4 cm³/mol. The van der Waals surface area contributed by atoms with Crippen molar-refractivity contribution in [2.45, 2.75) is 36.3 Å². The maximum atomic E-state index is 5.62. The Labute approximate surface area is 75.7 Å². The number of hydrogen-bond donors (Lipinski definition) is 0. The lowest BCUT2D eigenvalue weighted by molar-refractivity contribution is -0.176. The van der Waals surface area contributed by atoms with E-state index in [0.717, 1.165) is 30.8 Å². The van der Waals surface area contributed by atoms with E-state index < -0.39 is 0 Å². The van der Waals surface area contributed by atoms with Gasteiger partial charge in [0.1, 0.15) is 0 Å². The zero-order valence-corrected chi connectivity index (χ0v) is 9.14. The Kier molecular flexibility index (Phi) is 2.25. The van der Waals surface area contributed by atoms with Gasteiger partial charge in [0.05, 0.1) is 13.2 Å². The molecule has 2 aliphatic rings. The van der Waals surface area contributed by atoms with Gasteiger partial charge in [-0.25, -0.2) is 0 Å². The second kappa shape index (κ2) is 3.07. The fraction of sp³-hybridized carbons (Fsp3) is 1.00. The largest absolute Gasteiger partial charge is 0.348 e. The average molecular weight is 170 g/mol. The van der Waals surface area contributed by atoms with Crippen molar-refractivity contribution in [3.8, 4) is 0 Å². The summed E-state index contributed by atoms with van der Waals surface area (Å²) in [4.78, 5) is 0. The van der Waals surface area contributed by atoms with Crippen molar-refractivity contribution in [3.05, 3.63) is 0 Å². The summed E-state index contributed by atoms with van der Waals surface area (Å²) < 4.78 is 12.3. The molecule has 11 heavy (non-hydrogen) atoms. The topological polar surface area (TPSA) is 18.5 Å². The minimum atomic E-state index is -0.124. The van der Waals surface area contributed by atoms with Gasteiger partial charge in [-0.3, -0.25) is 0 Å². The van der Waals surface area contributed by atoms with Crippen LogP contribution in [0.1, 0.15) is 25.7 Å². The molecule has 1 spiro atoms. The summed E-state index contributed by atoms with van der Waals surface area (Å²) in [6, 6.07) is 0. The highest BCUT2D eigenvalue weighted by Crippen LogP contribution is 2.39. The molecule has 62 valence electrons. The van der Waals surface area contributed by atoms with Crippen molar-refractivity contribution in [2.24, 2.45) is 0 Å². The third-order valence-electron chi connectivity index (χ3n) is 2.85. The van der Waals surface area contributed by atoms with Gasteiger partial charge in [0, 0.05) is 12.8 Å². The van der Waals surface area contributed by atoms with Crippen LogP contribution in [0.25, 0.3) is 0 Å². The lowest BCUT2D eigenvalue weighted by Crippen LogP contribution is -2.33. The molecule has 1 aliphatic heterocycles. The van der Waals surface area contributed by atoms with E-state index in [9.17, 15) is 0 Å². The van der Waals surface area contributed by atoms with Crippen LogP contribution < -0.4 is 0 Å². The zero-order chi connectivity index (χ0) is 7.73. The molecule has 3 heteroatoms. The van der Waals surface area contributed by atoms with Crippen LogP contribution in [0, 0.1) is 0 Å². The third kappa shape index (κ3) is 1.62. The summed E-state index contributed by atoms with van der Waals surface area (Å²) in [7, 11) is 0. The maximum absolute atomic E-state index is 5.62. The first kappa shape index (κ1) is 8.07. The molecule has 2 nitrogen and oxygen atoms in total. The summed E-state index contributed by atoms with van der Waals surface area (Å²) in [6.07, 6.45) is 4.93. The van der Waals surface area contributed by atoms with Gasteiger partial charge in [0.15, 0.2) is 5.79 Å². The Hall–Kier alpha value is 0.452. The molecule has 1 aliphatic carbocycles. The summed E-state index contributed by atoms with van der Waals surface area (Å²) in [5.41, 5.74) is 0. The first-order valence-electron chi connectivity index (χ1n) is 4.59. The van der Waals surface area contributed by atoms with Crippen molar-refractivity contribution in [3.63, 3.8) is 0 Å². The van der Waals surface area contributed by atoms with E-state index in [-0.39, 0.29) is 5.79 Å². The van der Waals surface area contributed by atoms with E-state index in [4.69, 9.17) is 9.47 Å². The fourth-order valence-electron chi connectivity index (χ4n) is 1.99. The van der Waals surface area contributed by atoms with Gasteiger partial charge in [-0.15, -0.1) is 0 Å². The minimum absolute atomic E-state index is 0.124. The van der Waals surface area contributed by atoms with Crippen LogP contribution in [0.5, 0.6) is 0 Å². The van der Waals surface area contributed by atoms with Crippen LogP contribution in [0.4, 0.5) is 0 Å². The van der Waals surface area contributed by atoms with Crippen LogP contribution >= 0.6 is 0 Å². The molecule has 0 aromatic carbocycles. The van der Waals surface area contributed by atoms with Crippen LogP contribution in [0.3, 0.4) is 0 Å². The SMILES string of the molecule is [AlH2][CH]1CCC2(CC1)OCCO2. The Bertz CT molecular complexity index is 133. The van der Waals surface area contributed by atoms with Gasteiger partial charge in [0.25, 0.3) is 0 Å². The quantitative estimate of drug-likeness (QED) is 0.499. The van der Waals surface area contributed by atoms with Gasteiger partial charge < -0.3 is 9.47 Å². The van der Waals surface area contributed by atoms with Gasteiger partial charge in [-0.05, 0) is 0 Å². The monoisotopic (exact) mass is 170 g/mol. The lowest BCUT2D eigenvalue weighted by atomic mass is 9.93. The minimum Gasteiger partial charge on any atom is -0.348 e. The molecule has 2 rings (SSSR count). The summed E-state index contributed by atoms with van der Waals surface area (Å²) >= 11 is 1.34. The van der Waals surface area contributed by atoms with Crippen LogP contribution in [0.15, 0.2) is 0 Å². The average Bonchev–Trinajstić information content (AvgIpc) is 2.45. The van der Waals surface area contributed by atoms with Crippen molar-refractivity contribution < 1.29 is 9.47 Å². The summed E-state index contributed by atoms with van der Waals surface area (Å²) in [5, 5.41) is 0. The Morgan fingerprint density at radius 1 is 1.09 bits per heavy atom. The fourth-order valence-corrected chi connectivity index (χ4v) is 2.56. The molecule has 0 unspecified atom stereocenters. The zero-order valence-electron chi connectivity index (χ0n) is 7.14. The highest BCUT2D eigenvalue weighted by molar-refractivity contribution is 6.11. The Morgan fingerprint density at radius 3 is 2.18 bits per heavy atom. The molecular formula is C8H15AlO2. The van der Waals surface area contributed by atoms with Gasteiger partial charge in [-0.2, -0.15) is 0 Å². The van der Waals surface area contributed by atoms with Crippen LogP contribution in [0.2, 0.25) is 4.78 Å². The standard InChI is InChI=1S/C8H13O2.Al.2H/c1-2-4-8(5-3-1)9-6-7-10-8;;;/h1H,2-7H2;;;. The van der Waals surface area contributed by atoms with Crippen molar-refractivity contribution >= 4 is 16.3 Å². The van der Waals surface area contributed by atoms with E-state index in [1.54, 1.807) is 0 Å². The smallest absolute Gasteiger partial charge is 0.216 e. The molecule has 1 heterocycles. The van der Waals surface area contributed by atoms with E-state index in [1.807, 2.05) is 0 Å². The van der Waals surface area contributed by atoms with Gasteiger partial charge in [0.2, 0.25) is 16.3 Å². The second-order valence-electron chi connectivity index (χ2n) is 3.79. The molecule has 2 fully saturated rings. The van der Waals surface area contributed by atoms with Crippen molar-refractivity contribution in [2.75, 3.05) is 13.2 Å². The van der Waals surface area contributed by atoms with E-state index in [1.165, 1.54) is 29.1 Å². The molecule has 0 amide bonds. The molecule has 0 atom stereocenters. The van der Waals surface area contributed by atoms with E-state index in [2.05, 4.69) is 0 Å². The molecule has 1 saturated carbocycles. The second-order valence-corrected chi connectivity index (χ2v) is 5.42. The molecule has 0 aromatic rings. The van der Waals surface area contributed by atoms with E-state index in [0.29, 0.717) is 0 Å². The highest BCUT2D eigenvalue weighted by Gasteiger charge is 2.38. The molecule has 0 N–H and O–H groups in total. The first-order valence-corrected chi connectivity index (χ1v) is 5.74. The van der Waals surface area contributed by atoms with Crippen LogP contribution in [-0.2, 0) is 9.47 Å². The van der Waals surface area contributed by atoms with Gasteiger partial charge in [-0.1, -0.05) is 17.6 Å². The molecular weight excluding hydrogens is 155 g/mol. The predicted octanol–water partition coefficient (Wildman–Crippen LogP) is 0.725. The van der Waals surface area contributed by atoms with E-state index >= 15 is 0 Å². The summed E-state index contributed by atoms with van der Waals surface area (Å²) in [5.74, 6) is -0.124. The summed E-state index contributed by atoms with van der Waals surface area (Å²) in [6.45, 7) is 1.62. The normalized spacial score (nSPS) is 31.3. The van der Waals surface area contributed by atoms with Gasteiger partial charge >= 0.3 is 0 Å². The number of ether oxygens (including phenoxy) is 2. The number of rotatable bonds is 0. The molecule has 0 bridgehead atoms. The Morgan fingerprint density at radius 2 is 1.64 bits per heavy atom. The molecule has 0 radical (unpaired) electrons.